The van der Waals surface area contributed by atoms with Gasteiger partial charge in [-0.3, -0.25) is 4.79 Å². The second kappa shape index (κ2) is 15.1. The summed E-state index contributed by atoms with van der Waals surface area (Å²) in [7, 11) is 5.54. The van der Waals surface area contributed by atoms with E-state index in [0.717, 1.165) is 36.9 Å². The Balaban J connectivity index is 0.00000676. The lowest BCUT2D eigenvalue weighted by Gasteiger charge is -2.24. The number of unbranched alkanes of at least 4 members (excludes halogenated alkanes) is 1. The topological polar surface area (TPSA) is 60.8 Å². The van der Waals surface area contributed by atoms with Gasteiger partial charge < -0.3 is 15.1 Å². The summed E-state index contributed by atoms with van der Waals surface area (Å²) in [5.74, 6) is 1.44. The molecule has 1 N–H and O–H groups in total. The van der Waals surface area contributed by atoms with Crippen LogP contribution >= 0.6 is 35.3 Å². The van der Waals surface area contributed by atoms with Crippen molar-refractivity contribution in [2.75, 3.05) is 40.8 Å². The summed E-state index contributed by atoms with van der Waals surface area (Å²) in [5, 5.41) is 6.61. The molecule has 27 heavy (non-hydrogen) atoms. The second-order valence-electron chi connectivity index (χ2n) is 6.82. The van der Waals surface area contributed by atoms with E-state index in [4.69, 9.17) is 0 Å². The van der Waals surface area contributed by atoms with E-state index in [1.54, 1.807) is 30.3 Å². The van der Waals surface area contributed by atoms with Crippen molar-refractivity contribution in [1.29, 1.82) is 0 Å². The maximum absolute atomic E-state index is 11.9. The molecule has 1 heterocycles. The molecule has 0 bridgehead atoms. The van der Waals surface area contributed by atoms with Gasteiger partial charge >= 0.3 is 0 Å². The van der Waals surface area contributed by atoms with Gasteiger partial charge in [-0.25, -0.2) is 9.98 Å². The van der Waals surface area contributed by atoms with Crippen LogP contribution in [0.3, 0.4) is 0 Å². The fourth-order valence-electron chi connectivity index (χ4n) is 2.52. The van der Waals surface area contributed by atoms with E-state index in [2.05, 4.69) is 34.0 Å². The zero-order valence-corrected chi connectivity index (χ0v) is 20.5. The minimum absolute atomic E-state index is 0. The van der Waals surface area contributed by atoms with Crippen LogP contribution in [0.15, 0.2) is 16.6 Å². The van der Waals surface area contributed by atoms with Gasteiger partial charge in [0.25, 0.3) is 0 Å². The minimum Gasteiger partial charge on any atom is -0.356 e. The van der Waals surface area contributed by atoms with E-state index in [9.17, 15) is 4.79 Å². The SMILES string of the molecule is CCCCC(CC)CNC(=NCC(=O)N(C)C)N(C)CCc1nccs1.I. The third-order valence-corrected chi connectivity index (χ3v) is 5.30. The number of aliphatic imine (C=N–C) groups is 1. The molecule has 1 aromatic rings. The highest BCUT2D eigenvalue weighted by Crippen LogP contribution is 2.11. The van der Waals surface area contributed by atoms with E-state index in [0.29, 0.717) is 5.92 Å². The number of carbonyl (C=O) groups is 1. The fraction of sp³-hybridized carbons (Fsp3) is 0.737. The van der Waals surface area contributed by atoms with Crippen LogP contribution in [-0.4, -0.2) is 67.4 Å². The van der Waals surface area contributed by atoms with Crippen molar-refractivity contribution in [3.63, 3.8) is 0 Å². The summed E-state index contributed by atoms with van der Waals surface area (Å²) in [5.41, 5.74) is 0. The lowest BCUT2D eigenvalue weighted by Crippen LogP contribution is -2.42. The van der Waals surface area contributed by atoms with Crippen LogP contribution in [0.2, 0.25) is 0 Å². The number of nitrogens with zero attached hydrogens (tertiary/aromatic N) is 4. The van der Waals surface area contributed by atoms with E-state index < -0.39 is 0 Å². The van der Waals surface area contributed by atoms with Gasteiger partial charge in [0, 0.05) is 52.2 Å². The van der Waals surface area contributed by atoms with Gasteiger partial charge in [-0.2, -0.15) is 0 Å². The molecule has 0 spiro atoms. The Labute approximate surface area is 185 Å². The highest BCUT2D eigenvalue weighted by molar-refractivity contribution is 14.0. The Morgan fingerprint density at radius 3 is 2.63 bits per heavy atom. The van der Waals surface area contributed by atoms with Crippen molar-refractivity contribution in [1.82, 2.24) is 20.1 Å². The zero-order valence-electron chi connectivity index (χ0n) is 17.4. The summed E-state index contributed by atoms with van der Waals surface area (Å²) < 4.78 is 0. The van der Waals surface area contributed by atoms with E-state index in [1.807, 2.05) is 18.6 Å². The van der Waals surface area contributed by atoms with Crippen molar-refractivity contribution < 1.29 is 4.79 Å². The Hall–Kier alpha value is -0.900. The number of hydrogen-bond acceptors (Lipinski definition) is 4. The Bertz CT molecular complexity index is 536. The van der Waals surface area contributed by atoms with Crippen LogP contribution < -0.4 is 5.32 Å². The van der Waals surface area contributed by atoms with Gasteiger partial charge in [-0.05, 0) is 12.3 Å². The van der Waals surface area contributed by atoms with Gasteiger partial charge in [0.1, 0.15) is 6.54 Å². The number of guanidine groups is 1. The molecule has 0 aromatic carbocycles. The normalized spacial score (nSPS) is 12.3. The number of amides is 1. The number of hydrogen-bond donors (Lipinski definition) is 1. The molecule has 0 fully saturated rings. The molecular formula is C19H36IN5OS. The molecule has 0 aliphatic heterocycles. The fourth-order valence-corrected chi connectivity index (χ4v) is 3.13. The number of aromatic nitrogens is 1. The molecule has 0 saturated heterocycles. The van der Waals surface area contributed by atoms with E-state index in [1.165, 1.54) is 19.3 Å². The van der Waals surface area contributed by atoms with E-state index >= 15 is 0 Å². The summed E-state index contributed by atoms with van der Waals surface area (Å²) in [6, 6.07) is 0. The van der Waals surface area contributed by atoms with Crippen molar-refractivity contribution in [2.45, 2.75) is 46.0 Å². The van der Waals surface area contributed by atoms with Crippen LogP contribution in [0.5, 0.6) is 0 Å². The monoisotopic (exact) mass is 509 g/mol. The first-order valence-electron chi connectivity index (χ1n) is 9.55. The molecule has 0 saturated carbocycles. The molecule has 1 aromatic heterocycles. The molecule has 0 radical (unpaired) electrons. The smallest absolute Gasteiger partial charge is 0.243 e. The highest BCUT2D eigenvalue weighted by atomic mass is 127. The maximum Gasteiger partial charge on any atom is 0.243 e. The number of nitrogens with one attached hydrogen (secondary N) is 1. The summed E-state index contributed by atoms with van der Waals surface area (Å²) >= 11 is 1.67. The number of thiazole rings is 1. The third-order valence-electron chi connectivity index (χ3n) is 4.46. The molecule has 1 amide bonds. The largest absolute Gasteiger partial charge is 0.356 e. The van der Waals surface area contributed by atoms with Crippen molar-refractivity contribution in [3.05, 3.63) is 16.6 Å². The quantitative estimate of drug-likeness (QED) is 0.282. The molecule has 1 unspecified atom stereocenters. The molecule has 0 aliphatic carbocycles. The lowest BCUT2D eigenvalue weighted by molar-refractivity contribution is -0.127. The molecule has 0 aliphatic rings. The number of rotatable bonds is 11. The maximum atomic E-state index is 11.9. The molecule has 6 nitrogen and oxygen atoms in total. The van der Waals surface area contributed by atoms with Crippen LogP contribution in [0.25, 0.3) is 0 Å². The van der Waals surface area contributed by atoms with Gasteiger partial charge in [-0.1, -0.05) is 33.1 Å². The summed E-state index contributed by atoms with van der Waals surface area (Å²) in [6.07, 6.45) is 7.58. The van der Waals surface area contributed by atoms with Gasteiger partial charge in [0.05, 0.1) is 5.01 Å². The third kappa shape index (κ3) is 10.9. The molecule has 1 atom stereocenters. The average Bonchev–Trinajstić information content (AvgIpc) is 3.15. The number of halogens is 1. The Morgan fingerprint density at radius 2 is 2.07 bits per heavy atom. The van der Waals surface area contributed by atoms with Crippen LogP contribution in [0.4, 0.5) is 0 Å². The standard InChI is InChI=1S/C19H35N5OS.HI/c1-6-8-9-16(7-2)14-21-19(22-15-18(25)23(3)4)24(5)12-10-17-20-11-13-26-17;/h11,13,16H,6-10,12,14-15H2,1-5H3,(H,21,22);1H. The van der Waals surface area contributed by atoms with Crippen molar-refractivity contribution in [3.8, 4) is 0 Å². The first-order chi connectivity index (χ1) is 12.5. The predicted octanol–water partition coefficient (Wildman–Crippen LogP) is 3.49. The molecule has 8 heteroatoms. The lowest BCUT2D eigenvalue weighted by atomic mass is 9.99. The van der Waals surface area contributed by atoms with Gasteiger partial charge in [0.2, 0.25) is 5.91 Å². The molecule has 1 rings (SSSR count). The van der Waals surface area contributed by atoms with Crippen LogP contribution in [0.1, 0.15) is 44.5 Å². The summed E-state index contributed by atoms with van der Waals surface area (Å²) in [6.45, 7) is 6.35. The van der Waals surface area contributed by atoms with Crippen LogP contribution in [-0.2, 0) is 11.2 Å². The number of likely N-dealkylation sites (N-methyl/N-ethyl adjacent to an activating group) is 2. The second-order valence-corrected chi connectivity index (χ2v) is 7.80. The van der Waals surface area contributed by atoms with Crippen LogP contribution in [0, 0.1) is 5.92 Å². The number of carbonyl (C=O) groups excluding carboxylic acids is 1. The van der Waals surface area contributed by atoms with Gasteiger partial charge in [0.15, 0.2) is 5.96 Å². The minimum atomic E-state index is 0. The summed E-state index contributed by atoms with van der Waals surface area (Å²) in [4.78, 5) is 24.5. The van der Waals surface area contributed by atoms with Gasteiger partial charge in [-0.15, -0.1) is 35.3 Å². The Morgan fingerprint density at radius 1 is 1.33 bits per heavy atom. The van der Waals surface area contributed by atoms with E-state index in [-0.39, 0.29) is 36.4 Å². The van der Waals surface area contributed by atoms with Crippen molar-refractivity contribution >= 4 is 47.2 Å². The average molecular weight is 510 g/mol. The first kappa shape index (κ1) is 26.1. The molecule has 156 valence electrons. The highest BCUT2D eigenvalue weighted by Gasteiger charge is 2.12. The Kier molecular flexibility index (Phi) is 14.6. The predicted molar refractivity (Wildman–Crippen MR) is 126 cm³/mol. The van der Waals surface area contributed by atoms with Crippen molar-refractivity contribution in [2.24, 2.45) is 10.9 Å². The first-order valence-corrected chi connectivity index (χ1v) is 10.4. The zero-order chi connectivity index (χ0) is 19.4. The molecular weight excluding hydrogens is 473 g/mol.